The number of nitrogens with zero attached hydrogens (tertiary/aromatic N) is 2. The molecule has 0 amide bonds. The van der Waals surface area contributed by atoms with Crippen LogP contribution >= 0.6 is 27.5 Å². The summed E-state index contributed by atoms with van der Waals surface area (Å²) in [6, 6.07) is 16.0. The smallest absolute Gasteiger partial charge is 0.133 e. The van der Waals surface area contributed by atoms with E-state index in [1.807, 2.05) is 41.1 Å². The normalized spacial score (nSPS) is 13.0. The van der Waals surface area contributed by atoms with Crippen LogP contribution in [-0.2, 0) is 6.42 Å². The summed E-state index contributed by atoms with van der Waals surface area (Å²) in [5.74, 6) is 1.05. The highest BCUT2D eigenvalue weighted by Gasteiger charge is 2.24. The molecule has 0 saturated carbocycles. The Hall–Kier alpha value is -1.78. The molecular formula is C17H13BrClN3. The lowest BCUT2D eigenvalue weighted by molar-refractivity contribution is 0.882. The van der Waals surface area contributed by atoms with Crippen LogP contribution in [-0.4, -0.2) is 16.3 Å². The van der Waals surface area contributed by atoms with E-state index < -0.39 is 0 Å². The molecule has 3 nitrogen and oxygen atoms in total. The molecule has 0 spiro atoms. The van der Waals surface area contributed by atoms with E-state index in [4.69, 9.17) is 16.7 Å². The van der Waals surface area contributed by atoms with Gasteiger partial charge in [-0.25, -0.2) is 4.68 Å². The molecule has 1 aromatic heterocycles. The highest BCUT2D eigenvalue weighted by molar-refractivity contribution is 9.10. The average molecular weight is 375 g/mol. The molecule has 3 aromatic rings. The Morgan fingerprint density at radius 1 is 1.09 bits per heavy atom. The second-order valence-corrected chi connectivity index (χ2v) is 6.55. The van der Waals surface area contributed by atoms with Crippen molar-refractivity contribution in [3.8, 4) is 16.9 Å². The number of halogens is 2. The fraction of sp³-hybridized carbons (Fsp3) is 0.118. The van der Waals surface area contributed by atoms with Crippen LogP contribution in [0.1, 0.15) is 5.56 Å². The van der Waals surface area contributed by atoms with E-state index in [9.17, 15) is 0 Å². The maximum absolute atomic E-state index is 6.34. The molecule has 0 fully saturated rings. The Balaban J connectivity index is 1.90. The van der Waals surface area contributed by atoms with Gasteiger partial charge in [0, 0.05) is 22.1 Å². The van der Waals surface area contributed by atoms with E-state index >= 15 is 0 Å². The molecule has 0 radical (unpaired) electrons. The predicted molar refractivity (Wildman–Crippen MR) is 93.9 cm³/mol. The first-order chi connectivity index (χ1) is 10.7. The lowest BCUT2D eigenvalue weighted by Crippen LogP contribution is -2.04. The number of rotatable bonds is 2. The van der Waals surface area contributed by atoms with E-state index in [0.717, 1.165) is 40.2 Å². The van der Waals surface area contributed by atoms with Crippen LogP contribution in [0.15, 0.2) is 53.0 Å². The van der Waals surface area contributed by atoms with Crippen molar-refractivity contribution in [3.05, 3.63) is 63.6 Å². The number of nitrogens with one attached hydrogen (secondary N) is 1. The average Bonchev–Trinajstić information content (AvgIpc) is 3.11. The topological polar surface area (TPSA) is 29.9 Å². The van der Waals surface area contributed by atoms with Gasteiger partial charge in [0.05, 0.1) is 16.4 Å². The molecule has 1 aliphatic rings. The van der Waals surface area contributed by atoms with Crippen molar-refractivity contribution < 1.29 is 0 Å². The summed E-state index contributed by atoms with van der Waals surface area (Å²) < 4.78 is 2.98. The second-order valence-electron chi connectivity index (χ2n) is 5.22. The van der Waals surface area contributed by atoms with Gasteiger partial charge >= 0.3 is 0 Å². The quantitative estimate of drug-likeness (QED) is 0.690. The molecule has 0 bridgehead atoms. The fourth-order valence-corrected chi connectivity index (χ4v) is 3.29. The van der Waals surface area contributed by atoms with Gasteiger partial charge in [-0.3, -0.25) is 0 Å². The third-order valence-electron chi connectivity index (χ3n) is 3.85. The Labute approximate surface area is 142 Å². The number of aromatic nitrogens is 2. The molecule has 4 rings (SSSR count). The Morgan fingerprint density at radius 2 is 1.86 bits per heavy atom. The minimum atomic E-state index is 0.698. The Kier molecular flexibility index (Phi) is 3.43. The van der Waals surface area contributed by atoms with Gasteiger partial charge in [-0.1, -0.05) is 51.8 Å². The summed E-state index contributed by atoms with van der Waals surface area (Å²) in [5, 5.41) is 8.94. The highest BCUT2D eigenvalue weighted by atomic mass is 79.9. The largest absolute Gasteiger partial charge is 0.369 e. The first-order valence-corrected chi connectivity index (χ1v) is 8.28. The number of fused-ring (bicyclic) bond motifs is 1. The molecule has 2 aromatic carbocycles. The fourth-order valence-electron chi connectivity index (χ4n) is 2.81. The van der Waals surface area contributed by atoms with Crippen molar-refractivity contribution in [2.24, 2.45) is 0 Å². The standard InChI is InChI=1S/C17H13BrClN3/c18-12-7-5-11(6-8-12)16-13-9-10-20-17(13)22(21-16)15-4-2-1-3-14(15)19/h1-8,20H,9-10H2. The number of anilines is 1. The van der Waals surface area contributed by atoms with Crippen LogP contribution in [0.25, 0.3) is 16.9 Å². The van der Waals surface area contributed by atoms with Crippen LogP contribution in [0.3, 0.4) is 0 Å². The summed E-state index contributed by atoms with van der Waals surface area (Å²) in [7, 11) is 0. The Morgan fingerprint density at radius 3 is 2.64 bits per heavy atom. The molecule has 2 heterocycles. The Bertz CT molecular complexity index is 840. The molecule has 5 heteroatoms. The van der Waals surface area contributed by atoms with Gasteiger partial charge < -0.3 is 5.32 Å². The molecule has 0 atom stereocenters. The molecular weight excluding hydrogens is 362 g/mol. The molecule has 0 unspecified atom stereocenters. The van der Waals surface area contributed by atoms with Crippen molar-refractivity contribution >= 4 is 33.3 Å². The van der Waals surface area contributed by atoms with Crippen molar-refractivity contribution in [2.45, 2.75) is 6.42 Å². The van der Waals surface area contributed by atoms with Crippen LogP contribution in [0, 0.1) is 0 Å². The van der Waals surface area contributed by atoms with E-state index in [-0.39, 0.29) is 0 Å². The van der Waals surface area contributed by atoms with Crippen LogP contribution in [0.4, 0.5) is 5.82 Å². The van der Waals surface area contributed by atoms with Crippen LogP contribution in [0.2, 0.25) is 5.02 Å². The van der Waals surface area contributed by atoms with E-state index in [1.54, 1.807) is 0 Å². The van der Waals surface area contributed by atoms with Gasteiger partial charge in [0.2, 0.25) is 0 Å². The number of para-hydroxylation sites is 1. The molecule has 0 aliphatic carbocycles. The van der Waals surface area contributed by atoms with Gasteiger partial charge in [0.25, 0.3) is 0 Å². The summed E-state index contributed by atoms with van der Waals surface area (Å²) in [6.45, 7) is 0.932. The molecule has 110 valence electrons. The molecule has 22 heavy (non-hydrogen) atoms. The van der Waals surface area contributed by atoms with Gasteiger partial charge in [-0.05, 0) is 30.7 Å². The van der Waals surface area contributed by atoms with Crippen molar-refractivity contribution in [3.63, 3.8) is 0 Å². The second kappa shape index (κ2) is 5.45. The summed E-state index contributed by atoms with van der Waals surface area (Å²) in [6.07, 6.45) is 0.977. The SMILES string of the molecule is Clc1ccccc1-n1nc(-c2ccc(Br)cc2)c2c1NCC2. The van der Waals surface area contributed by atoms with E-state index in [2.05, 4.69) is 33.4 Å². The maximum atomic E-state index is 6.34. The van der Waals surface area contributed by atoms with Crippen molar-refractivity contribution in [2.75, 3.05) is 11.9 Å². The van der Waals surface area contributed by atoms with Gasteiger partial charge in [-0.15, -0.1) is 0 Å². The van der Waals surface area contributed by atoms with Crippen LogP contribution in [0.5, 0.6) is 0 Å². The van der Waals surface area contributed by atoms with Crippen LogP contribution < -0.4 is 5.32 Å². The van der Waals surface area contributed by atoms with Gasteiger partial charge in [-0.2, -0.15) is 5.10 Å². The monoisotopic (exact) mass is 373 g/mol. The highest BCUT2D eigenvalue weighted by Crippen LogP contribution is 2.36. The lowest BCUT2D eigenvalue weighted by atomic mass is 10.1. The summed E-state index contributed by atoms with van der Waals surface area (Å²) in [5.41, 5.74) is 4.29. The van der Waals surface area contributed by atoms with E-state index in [1.165, 1.54) is 5.56 Å². The third-order valence-corrected chi connectivity index (χ3v) is 4.70. The number of hydrogen-bond donors (Lipinski definition) is 1. The minimum Gasteiger partial charge on any atom is -0.369 e. The summed E-state index contributed by atoms with van der Waals surface area (Å²) >= 11 is 9.82. The molecule has 1 N–H and O–H groups in total. The van der Waals surface area contributed by atoms with Crippen molar-refractivity contribution in [1.29, 1.82) is 0 Å². The number of benzene rings is 2. The zero-order valence-electron chi connectivity index (χ0n) is 11.7. The molecule has 1 aliphatic heterocycles. The minimum absolute atomic E-state index is 0.698. The van der Waals surface area contributed by atoms with E-state index in [0.29, 0.717) is 5.02 Å². The van der Waals surface area contributed by atoms with Gasteiger partial charge in [0.1, 0.15) is 5.82 Å². The first-order valence-electron chi connectivity index (χ1n) is 7.10. The predicted octanol–water partition coefficient (Wildman–Crippen LogP) is 4.92. The van der Waals surface area contributed by atoms with Gasteiger partial charge in [0.15, 0.2) is 0 Å². The van der Waals surface area contributed by atoms with Crippen molar-refractivity contribution in [1.82, 2.24) is 9.78 Å². The molecule has 0 saturated heterocycles. The number of hydrogen-bond acceptors (Lipinski definition) is 2. The summed E-state index contributed by atoms with van der Waals surface area (Å²) in [4.78, 5) is 0. The lowest BCUT2D eigenvalue weighted by Gasteiger charge is -2.07. The zero-order valence-corrected chi connectivity index (χ0v) is 14.0. The maximum Gasteiger partial charge on any atom is 0.133 e. The zero-order chi connectivity index (χ0) is 15.1. The first kappa shape index (κ1) is 13.9. The third kappa shape index (κ3) is 2.23.